The van der Waals surface area contributed by atoms with Crippen LogP contribution in [0.2, 0.25) is 0 Å². The Balaban J connectivity index is 1.36. The lowest BCUT2D eigenvalue weighted by Crippen LogP contribution is -2.30. The first-order valence-electron chi connectivity index (χ1n) is 8.93. The number of aryl methyl sites for hydroxylation is 2. The van der Waals surface area contributed by atoms with Crippen molar-refractivity contribution in [3.05, 3.63) is 41.2 Å². The van der Waals surface area contributed by atoms with Crippen LogP contribution in [0.1, 0.15) is 67.5 Å². The van der Waals surface area contributed by atoms with Crippen LogP contribution >= 0.6 is 0 Å². The number of hydrogen-bond donors (Lipinski definition) is 0. The lowest BCUT2D eigenvalue weighted by molar-refractivity contribution is -0.132. The van der Waals surface area contributed by atoms with Crippen LogP contribution < -0.4 is 0 Å². The molecule has 24 heavy (non-hydrogen) atoms. The number of rotatable bonds is 5. The highest BCUT2D eigenvalue weighted by molar-refractivity contribution is 5.77. The topological polar surface area (TPSA) is 59.5 Å². The van der Waals surface area contributed by atoms with Gasteiger partial charge in [0.05, 0.1) is 11.7 Å². The maximum atomic E-state index is 12.6. The van der Waals surface area contributed by atoms with Crippen LogP contribution in [0.5, 0.6) is 0 Å². The minimum Gasteiger partial charge on any atom is -0.466 e. The summed E-state index contributed by atoms with van der Waals surface area (Å²) in [5, 5.41) is 3.95. The molecule has 5 heteroatoms. The van der Waals surface area contributed by atoms with E-state index in [4.69, 9.17) is 8.94 Å². The standard InChI is InChI=1S/C19H24N2O3/c1-12-10-15(12)17-7-5-14(23-17)6-8-19(22)21-9-3-4-16(21)18-11-13(2)20-24-18/h5,7,11-12,15-16H,3-4,6,8-10H2,1-2H3. The van der Waals surface area contributed by atoms with Crippen LogP contribution in [0, 0.1) is 12.8 Å². The molecule has 1 amide bonds. The van der Waals surface area contributed by atoms with Crippen LogP contribution in [0.3, 0.4) is 0 Å². The van der Waals surface area contributed by atoms with Crippen molar-refractivity contribution < 1.29 is 13.7 Å². The highest BCUT2D eigenvalue weighted by Gasteiger charge is 2.36. The minimum absolute atomic E-state index is 0.0400. The molecule has 0 N–H and O–H groups in total. The number of amides is 1. The monoisotopic (exact) mass is 328 g/mol. The van der Waals surface area contributed by atoms with Crippen molar-refractivity contribution in [3.63, 3.8) is 0 Å². The Bertz CT molecular complexity index is 733. The normalized spacial score (nSPS) is 26.1. The molecule has 0 bridgehead atoms. The molecular weight excluding hydrogens is 304 g/mol. The molecule has 1 aliphatic heterocycles. The van der Waals surface area contributed by atoms with Gasteiger partial charge in [0.2, 0.25) is 5.91 Å². The van der Waals surface area contributed by atoms with Gasteiger partial charge in [0.1, 0.15) is 11.5 Å². The number of furan rings is 1. The summed E-state index contributed by atoms with van der Waals surface area (Å²) in [6.45, 7) is 4.95. The number of hydrogen-bond acceptors (Lipinski definition) is 4. The lowest BCUT2D eigenvalue weighted by atomic mass is 10.1. The summed E-state index contributed by atoms with van der Waals surface area (Å²) >= 11 is 0. The molecule has 128 valence electrons. The van der Waals surface area contributed by atoms with Crippen LogP contribution in [-0.4, -0.2) is 22.5 Å². The van der Waals surface area contributed by atoms with Crippen molar-refractivity contribution in [2.75, 3.05) is 6.54 Å². The molecule has 1 saturated carbocycles. The Hall–Kier alpha value is -2.04. The fraction of sp³-hybridized carbons (Fsp3) is 0.579. The van der Waals surface area contributed by atoms with E-state index in [1.165, 1.54) is 6.42 Å². The van der Waals surface area contributed by atoms with Gasteiger partial charge in [-0.2, -0.15) is 0 Å². The second kappa shape index (κ2) is 6.11. The van der Waals surface area contributed by atoms with Gasteiger partial charge in [0.25, 0.3) is 0 Å². The summed E-state index contributed by atoms with van der Waals surface area (Å²) in [4.78, 5) is 14.6. The van der Waals surface area contributed by atoms with Gasteiger partial charge in [-0.05, 0) is 44.2 Å². The van der Waals surface area contributed by atoms with E-state index in [0.717, 1.165) is 48.3 Å². The third-order valence-electron chi connectivity index (χ3n) is 5.29. The van der Waals surface area contributed by atoms with Gasteiger partial charge in [0, 0.05) is 31.4 Å². The SMILES string of the molecule is Cc1cc(C2CCCN2C(=O)CCc2ccc(C3CC3C)o2)on1. The Morgan fingerprint density at radius 2 is 2.21 bits per heavy atom. The Labute approximate surface area is 142 Å². The summed E-state index contributed by atoms with van der Waals surface area (Å²) in [6, 6.07) is 6.07. The summed E-state index contributed by atoms with van der Waals surface area (Å²) < 4.78 is 11.3. The largest absolute Gasteiger partial charge is 0.466 e. The van der Waals surface area contributed by atoms with Crippen molar-refractivity contribution >= 4 is 5.91 Å². The second-order valence-electron chi connectivity index (χ2n) is 7.24. The molecule has 1 saturated heterocycles. The molecule has 2 aromatic rings. The maximum absolute atomic E-state index is 12.6. The van der Waals surface area contributed by atoms with E-state index in [-0.39, 0.29) is 11.9 Å². The Morgan fingerprint density at radius 3 is 2.92 bits per heavy atom. The van der Waals surface area contributed by atoms with Crippen LogP contribution in [0.15, 0.2) is 27.1 Å². The highest BCUT2D eigenvalue weighted by Crippen LogP contribution is 2.47. The predicted molar refractivity (Wildman–Crippen MR) is 88.5 cm³/mol. The molecule has 0 radical (unpaired) electrons. The predicted octanol–water partition coefficient (Wildman–Crippen LogP) is 4.00. The molecule has 5 nitrogen and oxygen atoms in total. The van der Waals surface area contributed by atoms with E-state index in [9.17, 15) is 4.79 Å². The summed E-state index contributed by atoms with van der Waals surface area (Å²) in [7, 11) is 0. The van der Waals surface area contributed by atoms with Crippen molar-refractivity contribution in [2.45, 2.75) is 57.9 Å². The Kier molecular flexibility index (Phi) is 3.94. The maximum Gasteiger partial charge on any atom is 0.223 e. The van der Waals surface area contributed by atoms with Crippen molar-refractivity contribution in [1.82, 2.24) is 10.1 Å². The van der Waals surface area contributed by atoms with Crippen molar-refractivity contribution in [1.29, 1.82) is 0 Å². The molecule has 3 heterocycles. The van der Waals surface area contributed by atoms with Gasteiger partial charge in [0.15, 0.2) is 5.76 Å². The van der Waals surface area contributed by atoms with Gasteiger partial charge in [-0.25, -0.2) is 0 Å². The second-order valence-corrected chi connectivity index (χ2v) is 7.24. The van der Waals surface area contributed by atoms with Crippen LogP contribution in [0.4, 0.5) is 0 Å². The zero-order valence-corrected chi connectivity index (χ0v) is 14.3. The van der Waals surface area contributed by atoms with Gasteiger partial charge < -0.3 is 13.8 Å². The first-order valence-corrected chi connectivity index (χ1v) is 8.93. The molecule has 2 aromatic heterocycles. The summed E-state index contributed by atoms with van der Waals surface area (Å²) in [5.41, 5.74) is 0.863. The highest BCUT2D eigenvalue weighted by atomic mass is 16.5. The molecule has 2 aliphatic rings. The van der Waals surface area contributed by atoms with Crippen molar-refractivity contribution in [2.24, 2.45) is 5.92 Å². The van der Waals surface area contributed by atoms with Gasteiger partial charge in [-0.3, -0.25) is 4.79 Å². The van der Waals surface area contributed by atoms with Crippen LogP contribution in [0.25, 0.3) is 0 Å². The fourth-order valence-electron chi connectivity index (χ4n) is 3.72. The van der Waals surface area contributed by atoms with Gasteiger partial charge in [-0.1, -0.05) is 12.1 Å². The van der Waals surface area contributed by atoms with Crippen molar-refractivity contribution in [3.8, 4) is 0 Å². The van der Waals surface area contributed by atoms with Gasteiger partial charge in [-0.15, -0.1) is 0 Å². The fourth-order valence-corrected chi connectivity index (χ4v) is 3.72. The molecule has 2 fully saturated rings. The molecule has 3 atom stereocenters. The summed E-state index contributed by atoms with van der Waals surface area (Å²) in [5.74, 6) is 4.31. The molecule has 0 aromatic carbocycles. The first-order chi connectivity index (χ1) is 11.6. The number of carbonyl (C=O) groups excluding carboxylic acids is 1. The molecular formula is C19H24N2O3. The Morgan fingerprint density at radius 1 is 1.38 bits per heavy atom. The quantitative estimate of drug-likeness (QED) is 0.832. The first kappa shape index (κ1) is 15.5. The molecule has 1 aliphatic carbocycles. The van der Waals surface area contributed by atoms with E-state index >= 15 is 0 Å². The number of nitrogens with zero attached hydrogens (tertiary/aromatic N) is 2. The molecule has 4 rings (SSSR count). The van der Waals surface area contributed by atoms with E-state index < -0.39 is 0 Å². The average molecular weight is 328 g/mol. The van der Waals surface area contributed by atoms with E-state index in [0.29, 0.717) is 18.8 Å². The third-order valence-corrected chi connectivity index (χ3v) is 5.29. The smallest absolute Gasteiger partial charge is 0.223 e. The lowest BCUT2D eigenvalue weighted by Gasteiger charge is -2.22. The molecule has 0 spiro atoms. The number of likely N-dealkylation sites (tertiary alicyclic amines) is 1. The minimum atomic E-state index is 0.0400. The average Bonchev–Trinajstić information content (AvgIpc) is 3.03. The zero-order chi connectivity index (χ0) is 16.7. The van der Waals surface area contributed by atoms with E-state index in [1.54, 1.807) is 0 Å². The van der Waals surface area contributed by atoms with E-state index in [2.05, 4.69) is 18.1 Å². The molecule has 3 unspecified atom stereocenters. The zero-order valence-electron chi connectivity index (χ0n) is 14.3. The number of carbonyl (C=O) groups is 1. The number of aromatic nitrogens is 1. The van der Waals surface area contributed by atoms with Crippen LogP contribution in [-0.2, 0) is 11.2 Å². The summed E-state index contributed by atoms with van der Waals surface area (Å²) in [6.07, 6.45) is 4.33. The third kappa shape index (κ3) is 2.99. The van der Waals surface area contributed by atoms with E-state index in [1.807, 2.05) is 24.0 Å². The van der Waals surface area contributed by atoms with Gasteiger partial charge >= 0.3 is 0 Å².